The van der Waals surface area contributed by atoms with Crippen molar-refractivity contribution < 1.29 is 23.4 Å². The van der Waals surface area contributed by atoms with Crippen LogP contribution in [0, 0.1) is 13.8 Å². The fourth-order valence-corrected chi connectivity index (χ4v) is 2.93. The summed E-state index contributed by atoms with van der Waals surface area (Å²) in [4.78, 5) is 24.7. The van der Waals surface area contributed by atoms with Crippen molar-refractivity contribution in [3.63, 3.8) is 0 Å². The largest absolute Gasteiger partial charge is 0.479 e. The van der Waals surface area contributed by atoms with E-state index in [0.717, 1.165) is 11.1 Å². The molecule has 0 saturated heterocycles. The molecule has 3 rings (SSSR count). The van der Waals surface area contributed by atoms with Crippen molar-refractivity contribution >= 4 is 16.9 Å². The molecular formula is C23H24O6. The highest BCUT2D eigenvalue weighted by atomic mass is 16.6. The van der Waals surface area contributed by atoms with Crippen LogP contribution in [-0.2, 0) is 9.53 Å². The number of esters is 1. The molecule has 2 aromatic carbocycles. The monoisotopic (exact) mass is 396 g/mol. The Morgan fingerprint density at radius 2 is 1.66 bits per heavy atom. The first-order valence-corrected chi connectivity index (χ1v) is 9.42. The maximum Gasteiger partial charge on any atom is 0.347 e. The van der Waals surface area contributed by atoms with Gasteiger partial charge in [-0.15, -0.1) is 0 Å². The van der Waals surface area contributed by atoms with Crippen LogP contribution in [0.15, 0.2) is 51.9 Å². The Hall–Kier alpha value is -3.28. The maximum atomic E-state index is 12.8. The molecule has 1 aromatic heterocycles. The maximum absolute atomic E-state index is 12.8. The van der Waals surface area contributed by atoms with Crippen LogP contribution in [0.4, 0.5) is 0 Å². The van der Waals surface area contributed by atoms with Gasteiger partial charge in [-0.2, -0.15) is 0 Å². The van der Waals surface area contributed by atoms with E-state index in [2.05, 4.69) is 0 Å². The van der Waals surface area contributed by atoms with E-state index in [1.54, 1.807) is 39.0 Å². The summed E-state index contributed by atoms with van der Waals surface area (Å²) < 4.78 is 22.1. The van der Waals surface area contributed by atoms with Gasteiger partial charge in [0.1, 0.15) is 23.3 Å². The van der Waals surface area contributed by atoms with Crippen molar-refractivity contribution in [3.05, 3.63) is 64.0 Å². The molecule has 0 saturated carbocycles. The minimum Gasteiger partial charge on any atom is -0.479 e. The highest BCUT2D eigenvalue weighted by Gasteiger charge is 2.18. The Bertz CT molecular complexity index is 1080. The van der Waals surface area contributed by atoms with E-state index in [1.165, 1.54) is 6.26 Å². The van der Waals surface area contributed by atoms with E-state index < -0.39 is 12.1 Å². The van der Waals surface area contributed by atoms with Crippen molar-refractivity contribution in [2.45, 2.75) is 46.8 Å². The standard InChI is InChI=1S/C23H24O6/c1-13(2)27-23(25)16(5)28-17-6-7-19-20(11-17)26-12-21(22(19)24)29-18-9-14(3)8-15(4)10-18/h6-13,16H,1-5H3. The van der Waals surface area contributed by atoms with Gasteiger partial charge < -0.3 is 18.6 Å². The summed E-state index contributed by atoms with van der Waals surface area (Å²) in [6, 6.07) is 10.5. The molecule has 6 heteroatoms. The first-order valence-electron chi connectivity index (χ1n) is 9.42. The third-order valence-corrected chi connectivity index (χ3v) is 4.13. The van der Waals surface area contributed by atoms with E-state index in [4.69, 9.17) is 18.6 Å². The second-order valence-corrected chi connectivity index (χ2v) is 7.26. The van der Waals surface area contributed by atoms with E-state index in [9.17, 15) is 9.59 Å². The molecule has 1 atom stereocenters. The number of carbonyl (C=O) groups is 1. The summed E-state index contributed by atoms with van der Waals surface area (Å²) in [5.41, 5.74) is 2.13. The third kappa shape index (κ3) is 4.96. The lowest BCUT2D eigenvalue weighted by Gasteiger charge is -2.16. The van der Waals surface area contributed by atoms with Gasteiger partial charge in [0.05, 0.1) is 11.5 Å². The second-order valence-electron chi connectivity index (χ2n) is 7.26. The molecule has 0 fully saturated rings. The number of carbonyl (C=O) groups excluding carboxylic acids is 1. The first-order chi connectivity index (χ1) is 13.7. The molecular weight excluding hydrogens is 372 g/mol. The summed E-state index contributed by atoms with van der Waals surface area (Å²) >= 11 is 0. The van der Waals surface area contributed by atoms with Crippen LogP contribution in [0.5, 0.6) is 17.2 Å². The molecule has 0 bridgehead atoms. The molecule has 1 unspecified atom stereocenters. The Morgan fingerprint density at radius 3 is 2.31 bits per heavy atom. The zero-order valence-corrected chi connectivity index (χ0v) is 17.1. The number of benzene rings is 2. The molecule has 0 aliphatic carbocycles. The average molecular weight is 396 g/mol. The van der Waals surface area contributed by atoms with E-state index in [1.807, 2.05) is 32.0 Å². The number of rotatable bonds is 6. The predicted molar refractivity (Wildman–Crippen MR) is 110 cm³/mol. The highest BCUT2D eigenvalue weighted by Crippen LogP contribution is 2.25. The molecule has 1 heterocycles. The van der Waals surface area contributed by atoms with Crippen molar-refractivity contribution in [1.29, 1.82) is 0 Å². The quantitative estimate of drug-likeness (QED) is 0.551. The molecule has 0 aliphatic heterocycles. The minimum atomic E-state index is -0.784. The van der Waals surface area contributed by atoms with Gasteiger partial charge in [-0.25, -0.2) is 4.79 Å². The highest BCUT2D eigenvalue weighted by molar-refractivity contribution is 5.79. The Balaban J connectivity index is 1.83. The number of aryl methyl sites for hydroxylation is 2. The predicted octanol–water partition coefficient (Wildman–Crippen LogP) is 4.92. The average Bonchev–Trinajstić information content (AvgIpc) is 2.62. The van der Waals surface area contributed by atoms with Gasteiger partial charge in [-0.3, -0.25) is 4.79 Å². The summed E-state index contributed by atoms with van der Waals surface area (Å²) in [5, 5.41) is 0.358. The minimum absolute atomic E-state index is 0.102. The third-order valence-electron chi connectivity index (χ3n) is 4.13. The number of fused-ring (bicyclic) bond motifs is 1. The van der Waals surface area contributed by atoms with Crippen molar-refractivity contribution in [2.75, 3.05) is 0 Å². The van der Waals surface area contributed by atoms with Crippen LogP contribution in [-0.4, -0.2) is 18.2 Å². The van der Waals surface area contributed by atoms with E-state index in [-0.39, 0.29) is 17.3 Å². The topological polar surface area (TPSA) is 75.0 Å². The lowest BCUT2D eigenvalue weighted by Crippen LogP contribution is -2.28. The number of ether oxygens (including phenoxy) is 3. The van der Waals surface area contributed by atoms with Crippen molar-refractivity contribution in [1.82, 2.24) is 0 Å². The van der Waals surface area contributed by atoms with Crippen molar-refractivity contribution in [2.24, 2.45) is 0 Å². The van der Waals surface area contributed by atoms with Gasteiger partial charge in [-0.1, -0.05) is 6.07 Å². The number of hydrogen-bond acceptors (Lipinski definition) is 6. The fourth-order valence-electron chi connectivity index (χ4n) is 2.93. The zero-order chi connectivity index (χ0) is 21.1. The molecule has 3 aromatic rings. The Morgan fingerprint density at radius 1 is 0.966 bits per heavy atom. The molecule has 0 N–H and O–H groups in total. The Kier molecular flexibility index (Phi) is 5.92. The molecule has 0 radical (unpaired) electrons. The van der Waals surface area contributed by atoms with Gasteiger partial charge >= 0.3 is 5.97 Å². The molecule has 152 valence electrons. The van der Waals surface area contributed by atoms with Gasteiger partial charge in [0, 0.05) is 6.07 Å². The van der Waals surface area contributed by atoms with Crippen LogP contribution >= 0.6 is 0 Å². The molecule has 29 heavy (non-hydrogen) atoms. The molecule has 6 nitrogen and oxygen atoms in total. The smallest absolute Gasteiger partial charge is 0.347 e. The summed E-state index contributed by atoms with van der Waals surface area (Å²) in [6.07, 6.45) is 0.273. The fraction of sp³-hybridized carbons (Fsp3) is 0.304. The molecule has 0 aliphatic rings. The number of hydrogen-bond donors (Lipinski definition) is 0. The molecule has 0 amide bonds. The summed E-state index contributed by atoms with van der Waals surface area (Å²) in [5.74, 6) is 0.618. The van der Waals surface area contributed by atoms with Gasteiger partial charge in [-0.05, 0) is 70.0 Å². The van der Waals surface area contributed by atoms with Crippen LogP contribution in [0.2, 0.25) is 0 Å². The lowest BCUT2D eigenvalue weighted by molar-refractivity contribution is -0.154. The lowest BCUT2D eigenvalue weighted by atomic mass is 10.1. The summed E-state index contributed by atoms with van der Waals surface area (Å²) in [6.45, 7) is 9.07. The molecule has 0 spiro atoms. The van der Waals surface area contributed by atoms with Crippen LogP contribution in [0.25, 0.3) is 11.0 Å². The summed E-state index contributed by atoms with van der Waals surface area (Å²) in [7, 11) is 0. The van der Waals surface area contributed by atoms with Crippen LogP contribution in [0.1, 0.15) is 31.9 Å². The van der Waals surface area contributed by atoms with Crippen LogP contribution in [0.3, 0.4) is 0 Å². The zero-order valence-electron chi connectivity index (χ0n) is 17.1. The van der Waals surface area contributed by atoms with Crippen molar-refractivity contribution in [3.8, 4) is 17.2 Å². The normalized spacial score (nSPS) is 12.1. The first kappa shape index (κ1) is 20.5. The second kappa shape index (κ2) is 8.39. The SMILES string of the molecule is Cc1cc(C)cc(Oc2coc3cc(OC(C)C(=O)OC(C)C)ccc3c2=O)c1. The van der Waals surface area contributed by atoms with E-state index >= 15 is 0 Å². The van der Waals surface area contributed by atoms with Crippen LogP contribution < -0.4 is 14.9 Å². The van der Waals surface area contributed by atoms with E-state index in [0.29, 0.717) is 22.5 Å². The van der Waals surface area contributed by atoms with Gasteiger partial charge in [0.2, 0.25) is 11.2 Å². The van der Waals surface area contributed by atoms with Gasteiger partial charge in [0.25, 0.3) is 0 Å². The van der Waals surface area contributed by atoms with Gasteiger partial charge in [0.15, 0.2) is 6.10 Å². The Labute approximate surface area is 169 Å².